The summed E-state index contributed by atoms with van der Waals surface area (Å²) >= 11 is 1.88. The maximum absolute atomic E-state index is 2.50. The van der Waals surface area contributed by atoms with Crippen LogP contribution in [0.15, 0.2) is 152 Å². The lowest BCUT2D eigenvalue weighted by Gasteiger charge is -2.32. The SMILES string of the molecule is CC1(C)c2ccccc2-c2cc(N(c3ccc(-c4cccc5sc6ccccc6c45)cc3)c3cccc4c3C(C)(C)c3ccccc3-4)ccc21. The van der Waals surface area contributed by atoms with Crippen LogP contribution < -0.4 is 4.90 Å². The quantitative estimate of drug-likeness (QED) is 0.182. The van der Waals surface area contributed by atoms with E-state index in [-0.39, 0.29) is 10.8 Å². The second-order valence-electron chi connectivity index (χ2n) is 14.9. The van der Waals surface area contributed by atoms with Crippen LogP contribution in [0.2, 0.25) is 0 Å². The average molecular weight is 660 g/mol. The van der Waals surface area contributed by atoms with E-state index in [1.807, 2.05) is 11.3 Å². The molecule has 1 heterocycles. The molecular formula is C48H37NS. The van der Waals surface area contributed by atoms with Crippen LogP contribution in [-0.4, -0.2) is 0 Å². The van der Waals surface area contributed by atoms with E-state index < -0.39 is 0 Å². The monoisotopic (exact) mass is 659 g/mol. The number of hydrogen-bond acceptors (Lipinski definition) is 2. The third-order valence-electron chi connectivity index (χ3n) is 11.5. The van der Waals surface area contributed by atoms with E-state index in [2.05, 4.69) is 184 Å². The number of fused-ring (bicyclic) bond motifs is 9. The highest BCUT2D eigenvalue weighted by Crippen LogP contribution is 2.56. The first-order valence-corrected chi connectivity index (χ1v) is 18.4. The molecule has 0 aliphatic heterocycles. The summed E-state index contributed by atoms with van der Waals surface area (Å²) in [6, 6.07) is 56.7. The molecule has 0 radical (unpaired) electrons. The third-order valence-corrected chi connectivity index (χ3v) is 12.6. The number of thiophene rings is 1. The van der Waals surface area contributed by atoms with Gasteiger partial charge >= 0.3 is 0 Å². The predicted octanol–water partition coefficient (Wildman–Crippen LogP) is 13.8. The zero-order valence-electron chi connectivity index (χ0n) is 28.8. The first kappa shape index (κ1) is 29.5. The molecule has 2 aliphatic carbocycles. The number of nitrogens with zero attached hydrogens (tertiary/aromatic N) is 1. The Balaban J connectivity index is 1.18. The summed E-state index contributed by atoms with van der Waals surface area (Å²) in [5.41, 5.74) is 16.8. The van der Waals surface area contributed by atoms with E-state index in [1.54, 1.807) is 0 Å². The van der Waals surface area contributed by atoms with E-state index in [1.165, 1.54) is 87.2 Å². The van der Waals surface area contributed by atoms with Crippen molar-refractivity contribution in [2.24, 2.45) is 0 Å². The Morgan fingerprint density at radius 3 is 1.82 bits per heavy atom. The van der Waals surface area contributed by atoms with Crippen molar-refractivity contribution >= 4 is 48.6 Å². The van der Waals surface area contributed by atoms with Crippen LogP contribution in [0.3, 0.4) is 0 Å². The Morgan fingerprint density at radius 1 is 0.440 bits per heavy atom. The molecule has 2 heteroatoms. The van der Waals surface area contributed by atoms with Gasteiger partial charge in [0, 0.05) is 42.4 Å². The van der Waals surface area contributed by atoms with Crippen LogP contribution in [0.25, 0.3) is 53.6 Å². The normalized spacial score (nSPS) is 14.7. The van der Waals surface area contributed by atoms with Gasteiger partial charge in [0.2, 0.25) is 0 Å². The Morgan fingerprint density at radius 2 is 1.02 bits per heavy atom. The van der Waals surface area contributed by atoms with Crippen molar-refractivity contribution in [2.75, 3.05) is 4.90 Å². The molecule has 0 bridgehead atoms. The molecule has 0 spiro atoms. The predicted molar refractivity (Wildman–Crippen MR) is 215 cm³/mol. The summed E-state index contributed by atoms with van der Waals surface area (Å²) in [7, 11) is 0. The van der Waals surface area contributed by atoms with Gasteiger partial charge in [-0.05, 0) is 98.1 Å². The van der Waals surface area contributed by atoms with Gasteiger partial charge in [0.05, 0.1) is 5.69 Å². The molecule has 8 aromatic rings. The third kappa shape index (κ3) is 4.06. The number of anilines is 3. The highest BCUT2D eigenvalue weighted by Gasteiger charge is 2.40. The molecule has 50 heavy (non-hydrogen) atoms. The topological polar surface area (TPSA) is 3.24 Å². The molecule has 0 saturated carbocycles. The van der Waals surface area contributed by atoms with Crippen molar-refractivity contribution in [1.29, 1.82) is 0 Å². The zero-order chi connectivity index (χ0) is 33.8. The molecule has 2 aliphatic rings. The fourth-order valence-corrected chi connectivity index (χ4v) is 10.2. The summed E-state index contributed by atoms with van der Waals surface area (Å²) < 4.78 is 2.66. The number of benzene rings is 7. The van der Waals surface area contributed by atoms with Gasteiger partial charge in [-0.2, -0.15) is 0 Å². The average Bonchev–Trinajstić information content (AvgIpc) is 3.72. The molecule has 10 rings (SSSR count). The van der Waals surface area contributed by atoms with Crippen molar-refractivity contribution in [2.45, 2.75) is 38.5 Å². The molecule has 0 unspecified atom stereocenters. The van der Waals surface area contributed by atoms with Gasteiger partial charge in [-0.15, -0.1) is 11.3 Å². The van der Waals surface area contributed by atoms with Gasteiger partial charge in [-0.25, -0.2) is 0 Å². The Bertz CT molecular complexity index is 2650. The molecule has 1 nitrogen and oxygen atoms in total. The van der Waals surface area contributed by atoms with Crippen LogP contribution in [0.4, 0.5) is 17.1 Å². The van der Waals surface area contributed by atoms with Crippen LogP contribution in [0.1, 0.15) is 49.9 Å². The molecule has 0 fully saturated rings. The minimum atomic E-state index is -0.151. The van der Waals surface area contributed by atoms with E-state index in [0.29, 0.717) is 0 Å². The lowest BCUT2D eigenvalue weighted by Crippen LogP contribution is -2.21. The van der Waals surface area contributed by atoms with Gasteiger partial charge in [0.15, 0.2) is 0 Å². The van der Waals surface area contributed by atoms with Crippen LogP contribution in [0, 0.1) is 0 Å². The van der Waals surface area contributed by atoms with Gasteiger partial charge in [-0.1, -0.05) is 137 Å². The lowest BCUT2D eigenvalue weighted by molar-refractivity contribution is 0.660. The summed E-state index contributed by atoms with van der Waals surface area (Å²) in [5.74, 6) is 0. The van der Waals surface area contributed by atoms with Gasteiger partial charge in [0.1, 0.15) is 0 Å². The maximum atomic E-state index is 2.50. The molecular weight excluding hydrogens is 623 g/mol. The molecule has 1 aromatic heterocycles. The molecule has 7 aromatic carbocycles. The van der Waals surface area contributed by atoms with Gasteiger partial charge < -0.3 is 4.90 Å². The number of rotatable bonds is 4. The fourth-order valence-electron chi connectivity index (χ4n) is 9.09. The van der Waals surface area contributed by atoms with Crippen LogP contribution >= 0.6 is 11.3 Å². The summed E-state index contributed by atoms with van der Waals surface area (Å²) in [4.78, 5) is 2.50. The first-order chi connectivity index (χ1) is 24.3. The smallest absolute Gasteiger partial charge is 0.0508 e. The van der Waals surface area contributed by atoms with E-state index in [4.69, 9.17) is 0 Å². The van der Waals surface area contributed by atoms with Crippen molar-refractivity contribution < 1.29 is 0 Å². The van der Waals surface area contributed by atoms with Crippen molar-refractivity contribution in [3.8, 4) is 33.4 Å². The summed E-state index contributed by atoms with van der Waals surface area (Å²) in [6.07, 6.45) is 0. The number of hydrogen-bond donors (Lipinski definition) is 0. The summed E-state index contributed by atoms with van der Waals surface area (Å²) in [6.45, 7) is 9.48. The van der Waals surface area contributed by atoms with Crippen molar-refractivity contribution in [3.63, 3.8) is 0 Å². The van der Waals surface area contributed by atoms with Crippen molar-refractivity contribution in [3.05, 3.63) is 174 Å². The highest BCUT2D eigenvalue weighted by molar-refractivity contribution is 7.25. The lowest BCUT2D eigenvalue weighted by atomic mass is 9.81. The Labute approximate surface area is 298 Å². The van der Waals surface area contributed by atoms with Crippen LogP contribution in [-0.2, 0) is 10.8 Å². The molecule has 0 amide bonds. The second kappa shape index (κ2) is 10.5. The molecule has 0 atom stereocenters. The molecule has 0 saturated heterocycles. The second-order valence-corrected chi connectivity index (χ2v) is 16.0. The van der Waals surface area contributed by atoms with Crippen molar-refractivity contribution in [1.82, 2.24) is 0 Å². The van der Waals surface area contributed by atoms with Gasteiger partial charge in [-0.3, -0.25) is 0 Å². The highest BCUT2D eigenvalue weighted by atomic mass is 32.1. The minimum Gasteiger partial charge on any atom is -0.310 e. The molecule has 240 valence electrons. The molecule has 0 N–H and O–H groups in total. The Kier molecular flexibility index (Phi) is 6.21. The Hall–Kier alpha value is -5.44. The first-order valence-electron chi connectivity index (χ1n) is 17.6. The van der Waals surface area contributed by atoms with E-state index >= 15 is 0 Å². The largest absolute Gasteiger partial charge is 0.310 e. The van der Waals surface area contributed by atoms with Gasteiger partial charge in [0.25, 0.3) is 0 Å². The standard InChI is InChI=1S/C48H37NS/c1-47(2)39-18-8-6-14-35(39)38-29-32(27-28-41(38)47)49(42-20-11-17-36-34-13-5-9-19-40(34)48(3,4)46(36)42)31-25-23-30(24-26-31)33-16-12-22-44-45(33)37-15-7-10-21-43(37)50-44/h5-29H,1-4H3. The minimum absolute atomic E-state index is 0.0403. The fraction of sp³-hybridized carbons (Fsp3) is 0.125. The zero-order valence-corrected chi connectivity index (χ0v) is 29.6. The van der Waals surface area contributed by atoms with Crippen LogP contribution in [0.5, 0.6) is 0 Å². The van der Waals surface area contributed by atoms with E-state index in [9.17, 15) is 0 Å². The van der Waals surface area contributed by atoms with E-state index in [0.717, 1.165) is 5.69 Å². The maximum Gasteiger partial charge on any atom is 0.0508 e. The summed E-state index contributed by atoms with van der Waals surface area (Å²) in [5, 5.41) is 2.68.